The largest absolute Gasteiger partial charge is 0.378 e. The van der Waals surface area contributed by atoms with Gasteiger partial charge >= 0.3 is 0 Å². The minimum atomic E-state index is -0.871. The molecule has 5 nitrogen and oxygen atoms in total. The number of hydrogen-bond donors (Lipinski definition) is 2. The lowest BCUT2D eigenvalue weighted by atomic mass is 9.54. The molecule has 0 radical (unpaired) electrons. The van der Waals surface area contributed by atoms with Crippen LogP contribution >= 0.6 is 24.8 Å². The molecule has 3 N–H and O–H groups in total. The Morgan fingerprint density at radius 2 is 1.83 bits per heavy atom. The summed E-state index contributed by atoms with van der Waals surface area (Å²) in [5, 5.41) is 3.19. The Morgan fingerprint density at radius 1 is 1.23 bits per heavy atom. The topological polar surface area (TPSA) is 67.6 Å². The molecule has 2 fully saturated rings. The molecule has 1 saturated heterocycles. The lowest BCUT2D eigenvalue weighted by molar-refractivity contribution is -0.170. The first-order chi connectivity index (χ1) is 13.3. The van der Waals surface area contributed by atoms with Crippen molar-refractivity contribution in [2.75, 3.05) is 26.2 Å². The van der Waals surface area contributed by atoms with Gasteiger partial charge in [-0.2, -0.15) is 0 Å². The average Bonchev–Trinajstić information content (AvgIpc) is 2.69. The third kappa shape index (κ3) is 5.31. The second-order valence-corrected chi connectivity index (χ2v) is 9.20. The molecule has 3 atom stereocenters. The molecule has 1 heterocycles. The number of hydrogen-bond acceptors (Lipinski definition) is 4. The SMILES string of the molecule is CCOC1CC(N)(C(=O)NCC(c2ccccc2)N2CCC(C)CC2)C1(C)C.Cl.Cl. The van der Waals surface area contributed by atoms with E-state index in [0.29, 0.717) is 19.6 Å². The number of benzene rings is 1. The van der Waals surface area contributed by atoms with Crippen molar-refractivity contribution in [1.29, 1.82) is 0 Å². The molecule has 0 bridgehead atoms. The molecule has 0 spiro atoms. The minimum absolute atomic E-state index is 0. The predicted molar refractivity (Wildman–Crippen MR) is 127 cm³/mol. The van der Waals surface area contributed by atoms with Gasteiger partial charge in [0.25, 0.3) is 0 Å². The smallest absolute Gasteiger partial charge is 0.240 e. The summed E-state index contributed by atoms with van der Waals surface area (Å²) in [5.41, 5.74) is 6.58. The van der Waals surface area contributed by atoms with Gasteiger partial charge in [-0.25, -0.2) is 0 Å². The van der Waals surface area contributed by atoms with E-state index in [4.69, 9.17) is 10.5 Å². The summed E-state index contributed by atoms with van der Waals surface area (Å²) in [6, 6.07) is 10.7. The van der Waals surface area contributed by atoms with Crippen LogP contribution in [0.2, 0.25) is 0 Å². The first-order valence-corrected chi connectivity index (χ1v) is 10.8. The van der Waals surface area contributed by atoms with Gasteiger partial charge in [0.2, 0.25) is 5.91 Å². The molecule has 2 aliphatic rings. The van der Waals surface area contributed by atoms with Crippen LogP contribution in [-0.4, -0.2) is 48.7 Å². The number of nitrogens with two attached hydrogens (primary N) is 1. The van der Waals surface area contributed by atoms with E-state index in [1.54, 1.807) is 0 Å². The molecule has 1 aromatic carbocycles. The quantitative estimate of drug-likeness (QED) is 0.647. The summed E-state index contributed by atoms with van der Waals surface area (Å²) in [7, 11) is 0. The Balaban J connectivity index is 0.00000225. The highest BCUT2D eigenvalue weighted by atomic mass is 35.5. The second-order valence-electron chi connectivity index (χ2n) is 9.20. The van der Waals surface area contributed by atoms with Crippen LogP contribution in [0.3, 0.4) is 0 Å². The zero-order valence-corrected chi connectivity index (χ0v) is 20.4. The molecule has 3 unspecified atom stereocenters. The first kappa shape index (κ1) is 27.2. The molecule has 0 aromatic heterocycles. The normalized spacial score (nSPS) is 27.2. The summed E-state index contributed by atoms with van der Waals surface area (Å²) in [6.07, 6.45) is 3.04. The van der Waals surface area contributed by atoms with Crippen LogP contribution in [0.25, 0.3) is 0 Å². The Bertz CT molecular complexity index is 666. The fourth-order valence-electron chi connectivity index (χ4n) is 4.64. The number of piperidine rings is 1. The number of likely N-dealkylation sites (tertiary alicyclic amines) is 1. The highest BCUT2D eigenvalue weighted by molar-refractivity contribution is 5.88. The van der Waals surface area contributed by atoms with Crippen molar-refractivity contribution in [2.24, 2.45) is 17.1 Å². The summed E-state index contributed by atoms with van der Waals surface area (Å²) in [5.74, 6) is 0.723. The number of carbonyl (C=O) groups is 1. The molecule has 1 amide bonds. The predicted octanol–water partition coefficient (Wildman–Crippen LogP) is 3.95. The maximum Gasteiger partial charge on any atom is 0.240 e. The van der Waals surface area contributed by atoms with Gasteiger partial charge in [0.1, 0.15) is 5.54 Å². The summed E-state index contributed by atoms with van der Waals surface area (Å²) in [6.45, 7) is 11.8. The number of carbonyl (C=O) groups excluding carboxylic acids is 1. The molecule has 172 valence electrons. The fraction of sp³-hybridized carbons (Fsp3) is 0.696. The molecule has 1 saturated carbocycles. The van der Waals surface area contributed by atoms with Crippen molar-refractivity contribution in [3.63, 3.8) is 0 Å². The molecule has 7 heteroatoms. The number of rotatable bonds is 7. The Morgan fingerprint density at radius 3 is 2.37 bits per heavy atom. The van der Waals surface area contributed by atoms with Gasteiger partial charge in [0, 0.05) is 25.0 Å². The highest BCUT2D eigenvalue weighted by Crippen LogP contribution is 2.49. The maximum atomic E-state index is 13.1. The van der Waals surface area contributed by atoms with Crippen molar-refractivity contribution in [1.82, 2.24) is 10.2 Å². The van der Waals surface area contributed by atoms with Gasteiger partial charge in [0.05, 0.1) is 12.1 Å². The van der Waals surface area contributed by atoms with Crippen molar-refractivity contribution < 1.29 is 9.53 Å². The Labute approximate surface area is 194 Å². The standard InChI is InChI=1S/C23H37N3O2.2ClH/c1-5-28-20-15-23(24,22(20,3)4)21(27)25-16-19(18-9-7-6-8-10-18)26-13-11-17(2)12-14-26;;/h6-10,17,19-20H,5,11-16,24H2,1-4H3,(H,25,27);2*1H. The van der Waals surface area contributed by atoms with Gasteiger partial charge in [-0.15, -0.1) is 24.8 Å². The van der Waals surface area contributed by atoms with E-state index in [2.05, 4.69) is 41.4 Å². The second kappa shape index (κ2) is 11.1. The zero-order valence-electron chi connectivity index (χ0n) is 18.7. The molecule has 3 rings (SSSR count). The Hall–Kier alpha value is -0.850. The molecule has 1 aliphatic carbocycles. The number of halogens is 2. The number of nitrogens with one attached hydrogen (secondary N) is 1. The van der Waals surface area contributed by atoms with Crippen LogP contribution in [0.5, 0.6) is 0 Å². The van der Waals surface area contributed by atoms with Crippen molar-refractivity contribution >= 4 is 30.7 Å². The molecular weight excluding hydrogens is 421 g/mol. The van der Waals surface area contributed by atoms with E-state index >= 15 is 0 Å². The maximum absolute atomic E-state index is 13.1. The Kier molecular flexibility index (Phi) is 10.1. The lowest BCUT2D eigenvalue weighted by Gasteiger charge is -2.57. The van der Waals surface area contributed by atoms with Gasteiger partial charge in [0.15, 0.2) is 0 Å². The first-order valence-electron chi connectivity index (χ1n) is 10.8. The van der Waals surface area contributed by atoms with E-state index in [1.807, 2.05) is 26.8 Å². The zero-order chi connectivity index (χ0) is 20.4. The van der Waals surface area contributed by atoms with Gasteiger partial charge < -0.3 is 15.8 Å². The number of amides is 1. The summed E-state index contributed by atoms with van der Waals surface area (Å²) in [4.78, 5) is 15.6. The number of ether oxygens (including phenoxy) is 1. The van der Waals surface area contributed by atoms with E-state index in [0.717, 1.165) is 19.0 Å². The fourth-order valence-corrected chi connectivity index (χ4v) is 4.64. The van der Waals surface area contributed by atoms with E-state index in [9.17, 15) is 4.79 Å². The van der Waals surface area contributed by atoms with Gasteiger partial charge in [-0.3, -0.25) is 9.69 Å². The van der Waals surface area contributed by atoms with Crippen molar-refractivity contribution in [2.45, 2.75) is 64.6 Å². The van der Waals surface area contributed by atoms with Gasteiger partial charge in [-0.1, -0.05) is 51.1 Å². The third-order valence-electron chi connectivity index (χ3n) is 7.13. The van der Waals surface area contributed by atoms with Gasteiger partial charge in [-0.05, 0) is 44.3 Å². The number of nitrogens with zero attached hydrogens (tertiary/aromatic N) is 1. The third-order valence-corrected chi connectivity index (χ3v) is 7.13. The molecular formula is C23H39Cl2N3O2. The molecule has 1 aromatic rings. The van der Waals surface area contributed by atoms with E-state index in [1.165, 1.54) is 18.4 Å². The summed E-state index contributed by atoms with van der Waals surface area (Å²) >= 11 is 0. The van der Waals surface area contributed by atoms with Crippen LogP contribution in [0.4, 0.5) is 0 Å². The van der Waals surface area contributed by atoms with Crippen LogP contribution in [0, 0.1) is 11.3 Å². The molecule has 30 heavy (non-hydrogen) atoms. The monoisotopic (exact) mass is 459 g/mol. The lowest BCUT2D eigenvalue weighted by Crippen LogP contribution is -2.76. The molecule has 1 aliphatic heterocycles. The van der Waals surface area contributed by atoms with Crippen molar-refractivity contribution in [3.8, 4) is 0 Å². The van der Waals surface area contributed by atoms with Crippen LogP contribution in [-0.2, 0) is 9.53 Å². The highest BCUT2D eigenvalue weighted by Gasteiger charge is 2.62. The van der Waals surface area contributed by atoms with Crippen LogP contribution < -0.4 is 11.1 Å². The average molecular weight is 460 g/mol. The van der Waals surface area contributed by atoms with Crippen molar-refractivity contribution in [3.05, 3.63) is 35.9 Å². The van der Waals surface area contributed by atoms with Crippen LogP contribution in [0.15, 0.2) is 30.3 Å². The summed E-state index contributed by atoms with van der Waals surface area (Å²) < 4.78 is 5.77. The van der Waals surface area contributed by atoms with E-state index in [-0.39, 0.29) is 48.3 Å². The minimum Gasteiger partial charge on any atom is -0.378 e. The van der Waals surface area contributed by atoms with E-state index < -0.39 is 5.54 Å². The van der Waals surface area contributed by atoms with Crippen LogP contribution in [0.1, 0.15) is 58.6 Å².